The summed E-state index contributed by atoms with van der Waals surface area (Å²) in [5.41, 5.74) is 0.759. The zero-order chi connectivity index (χ0) is 12.1. The van der Waals surface area contributed by atoms with Gasteiger partial charge in [-0.3, -0.25) is 4.68 Å². The van der Waals surface area contributed by atoms with Gasteiger partial charge in [0.15, 0.2) is 6.10 Å². The molecule has 0 amide bonds. The molecule has 3 nitrogen and oxygen atoms in total. The average molecular weight is 224 g/mol. The lowest BCUT2D eigenvalue weighted by molar-refractivity contribution is -0.208. The summed E-state index contributed by atoms with van der Waals surface area (Å²) in [6, 6.07) is 0. The Morgan fingerprint density at radius 2 is 2.00 bits per heavy atom. The second kappa shape index (κ2) is 5.75. The Kier molecular flexibility index (Phi) is 5.35. The molecular formula is C9H15F3N2O. The van der Waals surface area contributed by atoms with E-state index in [2.05, 4.69) is 5.10 Å². The van der Waals surface area contributed by atoms with E-state index in [0.29, 0.717) is 0 Å². The second-order valence-electron chi connectivity index (χ2n) is 2.80. The highest BCUT2D eigenvalue weighted by Gasteiger charge is 2.38. The van der Waals surface area contributed by atoms with E-state index in [4.69, 9.17) is 5.11 Å². The predicted molar refractivity (Wildman–Crippen MR) is 50.4 cm³/mol. The summed E-state index contributed by atoms with van der Waals surface area (Å²) in [7, 11) is 0. The molecule has 0 saturated carbocycles. The van der Waals surface area contributed by atoms with E-state index in [9.17, 15) is 13.2 Å². The van der Waals surface area contributed by atoms with Crippen LogP contribution in [0.4, 0.5) is 13.2 Å². The molecule has 0 fully saturated rings. The number of aliphatic hydroxyl groups is 1. The molecule has 1 atom stereocenters. The van der Waals surface area contributed by atoms with Gasteiger partial charge in [-0.1, -0.05) is 13.8 Å². The van der Waals surface area contributed by atoms with Crippen LogP contribution in [0.5, 0.6) is 0 Å². The van der Waals surface area contributed by atoms with Crippen LogP contribution >= 0.6 is 0 Å². The Morgan fingerprint density at radius 3 is 2.33 bits per heavy atom. The van der Waals surface area contributed by atoms with Gasteiger partial charge in [0.25, 0.3) is 0 Å². The van der Waals surface area contributed by atoms with Crippen molar-refractivity contribution in [1.29, 1.82) is 0 Å². The summed E-state index contributed by atoms with van der Waals surface area (Å²) in [4.78, 5) is 0. The van der Waals surface area contributed by atoms with E-state index in [0.717, 1.165) is 10.2 Å². The van der Waals surface area contributed by atoms with Crippen LogP contribution in [0.1, 0.15) is 19.4 Å². The van der Waals surface area contributed by atoms with Gasteiger partial charge in [-0.05, 0) is 12.5 Å². The van der Waals surface area contributed by atoms with Gasteiger partial charge in [-0.15, -0.1) is 0 Å². The standard InChI is InChI=1S/C7H9F3N2O.C2H6/c1-5-2-11-12(3-5)4-6(13)7(8,9)10;1-2/h2-3,6,13H,4H2,1H3;1-2H3/t6-;/m0./s1. The van der Waals surface area contributed by atoms with Crippen molar-refractivity contribution in [2.75, 3.05) is 0 Å². The third-order valence-corrected chi connectivity index (χ3v) is 1.50. The second-order valence-corrected chi connectivity index (χ2v) is 2.80. The predicted octanol–water partition coefficient (Wildman–Crippen LogP) is 2.14. The lowest BCUT2D eigenvalue weighted by Crippen LogP contribution is -2.32. The SMILES string of the molecule is CC.Cc1cnn(C[C@H](O)C(F)(F)F)c1. The normalized spacial score (nSPS) is 13.0. The summed E-state index contributed by atoms with van der Waals surface area (Å²) in [5, 5.41) is 12.3. The van der Waals surface area contributed by atoms with Gasteiger partial charge in [0, 0.05) is 6.20 Å². The summed E-state index contributed by atoms with van der Waals surface area (Å²) in [5.74, 6) is 0. The first-order valence-electron chi connectivity index (χ1n) is 4.63. The fourth-order valence-electron chi connectivity index (χ4n) is 0.847. The molecule has 1 aromatic heterocycles. The Morgan fingerprint density at radius 1 is 1.47 bits per heavy atom. The van der Waals surface area contributed by atoms with Crippen molar-refractivity contribution in [3.05, 3.63) is 18.0 Å². The molecule has 0 bridgehead atoms. The highest BCUT2D eigenvalue weighted by atomic mass is 19.4. The Hall–Kier alpha value is -1.04. The third kappa shape index (κ3) is 4.83. The van der Waals surface area contributed by atoms with Gasteiger partial charge in [0.05, 0.1) is 12.7 Å². The van der Waals surface area contributed by atoms with E-state index < -0.39 is 18.8 Å². The van der Waals surface area contributed by atoms with Crippen LogP contribution < -0.4 is 0 Å². The van der Waals surface area contributed by atoms with Crippen LogP contribution in [-0.4, -0.2) is 27.2 Å². The van der Waals surface area contributed by atoms with Gasteiger partial charge >= 0.3 is 6.18 Å². The van der Waals surface area contributed by atoms with Crippen LogP contribution in [0.15, 0.2) is 12.4 Å². The molecule has 0 spiro atoms. The maximum Gasteiger partial charge on any atom is 0.416 e. The zero-order valence-corrected chi connectivity index (χ0v) is 8.91. The Balaban J connectivity index is 0.000000921. The molecule has 15 heavy (non-hydrogen) atoms. The van der Waals surface area contributed by atoms with Crippen molar-refractivity contribution in [3.63, 3.8) is 0 Å². The first-order chi connectivity index (χ1) is 6.89. The van der Waals surface area contributed by atoms with Gasteiger partial charge in [0.2, 0.25) is 0 Å². The van der Waals surface area contributed by atoms with Crippen LogP contribution in [0, 0.1) is 6.92 Å². The van der Waals surface area contributed by atoms with Gasteiger partial charge in [-0.25, -0.2) is 0 Å². The van der Waals surface area contributed by atoms with Gasteiger partial charge < -0.3 is 5.11 Å². The molecule has 0 aliphatic rings. The highest BCUT2D eigenvalue weighted by molar-refractivity contribution is 4.99. The van der Waals surface area contributed by atoms with Crippen molar-refractivity contribution >= 4 is 0 Å². The summed E-state index contributed by atoms with van der Waals surface area (Å²) in [6.07, 6.45) is -4.07. The number of aryl methyl sites for hydroxylation is 1. The fraction of sp³-hybridized carbons (Fsp3) is 0.667. The molecule has 0 aromatic carbocycles. The summed E-state index contributed by atoms with van der Waals surface area (Å²) >= 11 is 0. The largest absolute Gasteiger partial charge is 0.416 e. The molecule has 1 aromatic rings. The topological polar surface area (TPSA) is 38.0 Å². The van der Waals surface area contributed by atoms with Crippen molar-refractivity contribution in [1.82, 2.24) is 9.78 Å². The molecule has 0 aliphatic heterocycles. The number of hydrogen-bond acceptors (Lipinski definition) is 2. The minimum absolute atomic E-state index is 0.558. The maximum absolute atomic E-state index is 11.9. The molecule has 6 heteroatoms. The van der Waals surface area contributed by atoms with E-state index >= 15 is 0 Å². The number of rotatable bonds is 2. The average Bonchev–Trinajstić information content (AvgIpc) is 2.53. The molecule has 0 unspecified atom stereocenters. The monoisotopic (exact) mass is 224 g/mol. The van der Waals surface area contributed by atoms with Crippen molar-refractivity contribution in [3.8, 4) is 0 Å². The lowest BCUT2D eigenvalue weighted by Gasteiger charge is -2.13. The zero-order valence-electron chi connectivity index (χ0n) is 8.91. The smallest absolute Gasteiger partial charge is 0.382 e. The number of hydrogen-bond donors (Lipinski definition) is 1. The Bertz CT molecular complexity index is 283. The van der Waals surface area contributed by atoms with E-state index in [-0.39, 0.29) is 0 Å². The van der Waals surface area contributed by atoms with Crippen molar-refractivity contribution in [2.24, 2.45) is 0 Å². The van der Waals surface area contributed by atoms with Crippen molar-refractivity contribution in [2.45, 2.75) is 39.6 Å². The molecule has 0 aliphatic carbocycles. The first kappa shape index (κ1) is 14.0. The fourth-order valence-corrected chi connectivity index (χ4v) is 0.847. The number of alkyl halides is 3. The summed E-state index contributed by atoms with van der Waals surface area (Å²) < 4.78 is 36.6. The van der Waals surface area contributed by atoms with Crippen LogP contribution in [-0.2, 0) is 6.54 Å². The third-order valence-electron chi connectivity index (χ3n) is 1.50. The number of aromatic nitrogens is 2. The van der Waals surface area contributed by atoms with Gasteiger partial charge in [-0.2, -0.15) is 18.3 Å². The van der Waals surface area contributed by atoms with Gasteiger partial charge in [0.1, 0.15) is 0 Å². The number of aliphatic hydroxyl groups excluding tert-OH is 1. The lowest BCUT2D eigenvalue weighted by atomic mass is 10.3. The van der Waals surface area contributed by atoms with Crippen LogP contribution in [0.3, 0.4) is 0 Å². The van der Waals surface area contributed by atoms with E-state index in [1.165, 1.54) is 12.4 Å². The van der Waals surface area contributed by atoms with Crippen molar-refractivity contribution < 1.29 is 18.3 Å². The molecule has 1 heterocycles. The van der Waals surface area contributed by atoms with E-state index in [1.54, 1.807) is 6.92 Å². The minimum atomic E-state index is -4.58. The van der Waals surface area contributed by atoms with E-state index in [1.807, 2.05) is 13.8 Å². The molecule has 0 radical (unpaired) electrons. The first-order valence-corrected chi connectivity index (χ1v) is 4.63. The number of nitrogens with zero attached hydrogens (tertiary/aromatic N) is 2. The maximum atomic E-state index is 11.9. The highest BCUT2D eigenvalue weighted by Crippen LogP contribution is 2.20. The van der Waals surface area contributed by atoms with Crippen LogP contribution in [0.2, 0.25) is 0 Å². The molecule has 1 N–H and O–H groups in total. The minimum Gasteiger partial charge on any atom is -0.382 e. The molecule has 1 rings (SSSR count). The van der Waals surface area contributed by atoms with Crippen LogP contribution in [0.25, 0.3) is 0 Å². The quantitative estimate of drug-likeness (QED) is 0.835. The summed E-state index contributed by atoms with van der Waals surface area (Å²) in [6.45, 7) is 5.15. The molecule has 88 valence electrons. The Labute approximate surface area is 86.5 Å². The molecular weight excluding hydrogens is 209 g/mol. The molecule has 0 saturated heterocycles. The number of halogens is 3.